The van der Waals surface area contributed by atoms with Crippen LogP contribution < -0.4 is 4.74 Å². The fourth-order valence-electron chi connectivity index (χ4n) is 5.94. The van der Waals surface area contributed by atoms with Crippen LogP contribution in [0, 0.1) is 0 Å². The highest BCUT2D eigenvalue weighted by molar-refractivity contribution is 6.00. The molecule has 1 heteroatoms. The Morgan fingerprint density at radius 1 is 0.267 bits per heavy atom. The van der Waals surface area contributed by atoms with E-state index in [9.17, 15) is 0 Å². The molecule has 212 valence electrons. The van der Waals surface area contributed by atoms with Gasteiger partial charge in [-0.3, -0.25) is 0 Å². The summed E-state index contributed by atoms with van der Waals surface area (Å²) >= 11 is 0. The zero-order chi connectivity index (χ0) is 30.0. The van der Waals surface area contributed by atoms with Crippen LogP contribution in [0.5, 0.6) is 11.5 Å². The minimum atomic E-state index is 0.816. The minimum Gasteiger partial charge on any atom is -0.457 e. The number of hydrogen-bond donors (Lipinski definition) is 0. The van der Waals surface area contributed by atoms with Crippen molar-refractivity contribution in [1.82, 2.24) is 0 Å². The molecule has 0 atom stereocenters. The first-order valence-electron chi connectivity index (χ1n) is 15.3. The highest BCUT2D eigenvalue weighted by atomic mass is 16.5. The third-order valence-electron chi connectivity index (χ3n) is 8.39. The fourth-order valence-corrected chi connectivity index (χ4v) is 5.94. The van der Waals surface area contributed by atoms with Crippen molar-refractivity contribution in [3.8, 4) is 11.5 Å². The van der Waals surface area contributed by atoms with Gasteiger partial charge in [0.1, 0.15) is 11.5 Å². The van der Waals surface area contributed by atoms with Crippen LogP contribution in [0.2, 0.25) is 0 Å². The molecule has 0 aliphatic heterocycles. The molecule has 0 spiro atoms. The second kappa shape index (κ2) is 11.6. The van der Waals surface area contributed by atoms with Crippen molar-refractivity contribution in [3.05, 3.63) is 180 Å². The van der Waals surface area contributed by atoms with Gasteiger partial charge in [0.05, 0.1) is 0 Å². The lowest BCUT2D eigenvalue weighted by Crippen LogP contribution is -1.84. The SMILES string of the molecule is C(=Cc1ccc2cc3ccccc3cc2c1)c1ccc(Oc2ccc(C=Cc3ccc4cc5ccccc5cc4c3)cc2)cc1. The van der Waals surface area contributed by atoms with E-state index in [1.807, 2.05) is 24.3 Å². The first-order chi connectivity index (χ1) is 22.2. The van der Waals surface area contributed by atoms with Crippen molar-refractivity contribution in [2.45, 2.75) is 0 Å². The Morgan fingerprint density at radius 2 is 0.578 bits per heavy atom. The third kappa shape index (κ3) is 5.85. The molecule has 0 unspecified atom stereocenters. The molecule has 0 aliphatic carbocycles. The van der Waals surface area contributed by atoms with Crippen molar-refractivity contribution in [1.29, 1.82) is 0 Å². The summed E-state index contributed by atoms with van der Waals surface area (Å²) in [4.78, 5) is 0. The van der Waals surface area contributed by atoms with Crippen molar-refractivity contribution in [3.63, 3.8) is 0 Å². The van der Waals surface area contributed by atoms with Crippen LogP contribution in [-0.4, -0.2) is 0 Å². The lowest BCUT2D eigenvalue weighted by molar-refractivity contribution is 0.482. The van der Waals surface area contributed by atoms with Crippen LogP contribution in [0.3, 0.4) is 0 Å². The van der Waals surface area contributed by atoms with Gasteiger partial charge in [-0.25, -0.2) is 0 Å². The number of rotatable bonds is 6. The Bertz CT molecular complexity index is 2210. The molecule has 0 saturated heterocycles. The average molecular weight is 575 g/mol. The summed E-state index contributed by atoms with van der Waals surface area (Å²) in [5.74, 6) is 1.63. The highest BCUT2D eigenvalue weighted by Crippen LogP contribution is 2.27. The Balaban J connectivity index is 0.915. The summed E-state index contributed by atoms with van der Waals surface area (Å²) in [7, 11) is 0. The molecule has 0 bridgehead atoms. The van der Waals surface area contributed by atoms with E-state index in [4.69, 9.17) is 4.74 Å². The van der Waals surface area contributed by atoms with Crippen LogP contribution >= 0.6 is 0 Å². The van der Waals surface area contributed by atoms with E-state index in [2.05, 4.69) is 158 Å². The molecule has 0 saturated carbocycles. The molecule has 8 rings (SSSR count). The van der Waals surface area contributed by atoms with Gasteiger partial charge >= 0.3 is 0 Å². The predicted octanol–water partition coefficient (Wildman–Crippen LogP) is 12.4. The number of hydrogen-bond acceptors (Lipinski definition) is 1. The monoisotopic (exact) mass is 574 g/mol. The molecule has 1 nitrogen and oxygen atoms in total. The normalized spacial score (nSPS) is 11.8. The molecule has 0 aromatic heterocycles. The van der Waals surface area contributed by atoms with Crippen LogP contribution in [0.4, 0.5) is 0 Å². The van der Waals surface area contributed by atoms with Crippen molar-refractivity contribution in [2.75, 3.05) is 0 Å². The van der Waals surface area contributed by atoms with E-state index >= 15 is 0 Å². The topological polar surface area (TPSA) is 9.23 Å². The lowest BCUT2D eigenvalue weighted by atomic mass is 10.0. The summed E-state index contributed by atoms with van der Waals surface area (Å²) in [6, 6.07) is 55.7. The van der Waals surface area contributed by atoms with Gasteiger partial charge in [-0.15, -0.1) is 0 Å². The zero-order valence-electron chi connectivity index (χ0n) is 24.7. The van der Waals surface area contributed by atoms with Crippen molar-refractivity contribution >= 4 is 67.4 Å². The summed E-state index contributed by atoms with van der Waals surface area (Å²) < 4.78 is 6.13. The maximum absolute atomic E-state index is 6.13. The molecule has 45 heavy (non-hydrogen) atoms. The van der Waals surface area contributed by atoms with Crippen LogP contribution in [-0.2, 0) is 0 Å². The van der Waals surface area contributed by atoms with E-state index in [1.165, 1.54) is 54.2 Å². The smallest absolute Gasteiger partial charge is 0.127 e. The molecule has 8 aromatic rings. The molecule has 0 radical (unpaired) electrons. The Labute approximate surface area is 263 Å². The first-order valence-corrected chi connectivity index (χ1v) is 15.3. The molecule has 0 heterocycles. The molecular weight excluding hydrogens is 544 g/mol. The average Bonchev–Trinajstić information content (AvgIpc) is 3.09. The van der Waals surface area contributed by atoms with Gasteiger partial charge in [-0.05, 0) is 126 Å². The molecule has 8 aromatic carbocycles. The van der Waals surface area contributed by atoms with Gasteiger partial charge in [0.25, 0.3) is 0 Å². The van der Waals surface area contributed by atoms with Gasteiger partial charge in [0.15, 0.2) is 0 Å². The second-order valence-electron chi connectivity index (χ2n) is 11.5. The van der Waals surface area contributed by atoms with Crippen molar-refractivity contribution in [2.24, 2.45) is 0 Å². The van der Waals surface area contributed by atoms with Gasteiger partial charge in [0.2, 0.25) is 0 Å². The summed E-state index contributed by atoms with van der Waals surface area (Å²) in [5.41, 5.74) is 4.62. The third-order valence-corrected chi connectivity index (χ3v) is 8.39. The van der Waals surface area contributed by atoms with Gasteiger partial charge < -0.3 is 4.74 Å². The minimum absolute atomic E-state index is 0.816. The number of fused-ring (bicyclic) bond motifs is 4. The lowest BCUT2D eigenvalue weighted by Gasteiger charge is -2.07. The standard InChI is InChI=1S/C44H30O/c1-3-7-37-29-41-25-33(13-19-39(41)27-35(37)5-1)11-9-31-15-21-43(22-16-31)45-44-23-17-32(18-24-44)10-12-34-14-20-40-28-36-6-2-4-8-38(36)30-42(40)26-34/h1-30H. The Kier molecular flexibility index (Phi) is 6.90. The van der Waals surface area contributed by atoms with Gasteiger partial charge in [0, 0.05) is 0 Å². The van der Waals surface area contributed by atoms with E-state index < -0.39 is 0 Å². The predicted molar refractivity (Wildman–Crippen MR) is 194 cm³/mol. The number of ether oxygens (including phenoxy) is 1. The van der Waals surface area contributed by atoms with E-state index in [0.29, 0.717) is 0 Å². The molecular formula is C44H30O. The quantitative estimate of drug-likeness (QED) is 0.142. The molecule has 0 N–H and O–H groups in total. The summed E-state index contributed by atoms with van der Waals surface area (Å²) in [6.07, 6.45) is 8.61. The largest absolute Gasteiger partial charge is 0.457 e. The van der Waals surface area contributed by atoms with E-state index in [1.54, 1.807) is 0 Å². The Hall–Kier alpha value is -5.92. The van der Waals surface area contributed by atoms with Crippen molar-refractivity contribution < 1.29 is 4.74 Å². The first kappa shape index (κ1) is 26.7. The summed E-state index contributed by atoms with van der Waals surface area (Å²) in [6.45, 7) is 0. The zero-order valence-corrected chi connectivity index (χ0v) is 24.7. The van der Waals surface area contributed by atoms with Crippen LogP contribution in [0.15, 0.2) is 158 Å². The van der Waals surface area contributed by atoms with Gasteiger partial charge in [-0.1, -0.05) is 121 Å². The molecule has 0 aliphatic rings. The molecule has 0 fully saturated rings. The molecule has 0 amide bonds. The van der Waals surface area contributed by atoms with Crippen LogP contribution in [0.1, 0.15) is 22.3 Å². The summed E-state index contributed by atoms with van der Waals surface area (Å²) in [5, 5.41) is 10.1. The maximum atomic E-state index is 6.13. The van der Waals surface area contributed by atoms with Gasteiger partial charge in [-0.2, -0.15) is 0 Å². The van der Waals surface area contributed by atoms with E-state index in [-0.39, 0.29) is 0 Å². The number of benzene rings is 8. The second-order valence-corrected chi connectivity index (χ2v) is 11.5. The Morgan fingerprint density at radius 3 is 0.978 bits per heavy atom. The van der Waals surface area contributed by atoms with E-state index in [0.717, 1.165) is 22.6 Å². The maximum Gasteiger partial charge on any atom is 0.127 e. The fraction of sp³-hybridized carbons (Fsp3) is 0. The van der Waals surface area contributed by atoms with Crippen LogP contribution in [0.25, 0.3) is 67.4 Å². The highest BCUT2D eigenvalue weighted by Gasteiger charge is 2.02.